The first-order valence-corrected chi connectivity index (χ1v) is 5.48. The monoisotopic (exact) mass is 187 g/mol. The van der Waals surface area contributed by atoms with Gasteiger partial charge in [0.15, 0.2) is 0 Å². The zero-order valence-electron chi connectivity index (χ0n) is 9.01. The van der Waals surface area contributed by atoms with Crippen molar-refractivity contribution in [2.75, 3.05) is 13.6 Å². The Balaban J connectivity index is 2.12. The van der Waals surface area contributed by atoms with Gasteiger partial charge in [-0.2, -0.15) is 0 Å². The van der Waals surface area contributed by atoms with Crippen LogP contribution in [0.5, 0.6) is 0 Å². The summed E-state index contributed by atoms with van der Waals surface area (Å²) in [6, 6.07) is 7.00. The molecule has 0 N–H and O–H groups in total. The molecule has 0 amide bonds. The predicted octanol–water partition coefficient (Wildman–Crippen LogP) is 2.47. The molecule has 0 radical (unpaired) electrons. The summed E-state index contributed by atoms with van der Waals surface area (Å²) in [4.78, 5) is 2.47. The van der Waals surface area contributed by atoms with E-state index in [1.165, 1.54) is 24.9 Å². The average molecular weight is 187 g/mol. The first-order chi connectivity index (χ1) is 6.70. The number of likely N-dealkylation sites (N-methyl/N-ethyl adjacent to an activating group) is 1. The van der Waals surface area contributed by atoms with Crippen molar-refractivity contribution >= 4 is 0 Å². The van der Waals surface area contributed by atoms with Crippen LogP contribution < -0.4 is 0 Å². The molecule has 1 saturated carbocycles. The first-order valence-electron chi connectivity index (χ1n) is 5.48. The molecule has 1 fully saturated rings. The lowest BCUT2D eigenvalue weighted by Gasteiger charge is -2.32. The molecule has 1 aromatic carbocycles. The summed E-state index contributed by atoms with van der Waals surface area (Å²) in [5.41, 5.74) is 5.16. The Labute approximate surface area is 85.7 Å². The van der Waals surface area contributed by atoms with Crippen LogP contribution in [-0.2, 0) is 12.0 Å². The molecule has 0 unspecified atom stereocenters. The highest BCUT2D eigenvalue weighted by atomic mass is 15.1. The Morgan fingerprint density at radius 2 is 2.07 bits per heavy atom. The van der Waals surface area contributed by atoms with E-state index >= 15 is 0 Å². The highest BCUT2D eigenvalue weighted by Crippen LogP contribution is 2.52. The normalized spacial score (nSPS) is 23.6. The summed E-state index contributed by atoms with van der Waals surface area (Å²) >= 11 is 0. The van der Waals surface area contributed by atoms with Crippen LogP contribution in [0.25, 0.3) is 0 Å². The van der Waals surface area contributed by atoms with Crippen molar-refractivity contribution in [1.29, 1.82) is 0 Å². The van der Waals surface area contributed by atoms with Gasteiger partial charge in [0.2, 0.25) is 0 Å². The SMILES string of the molecule is Cc1ccc2c(c1)CN(C)CC21CC1. The number of nitrogens with zero attached hydrogens (tertiary/aromatic N) is 1. The quantitative estimate of drug-likeness (QED) is 0.603. The van der Waals surface area contributed by atoms with Crippen LogP contribution in [0.15, 0.2) is 18.2 Å². The van der Waals surface area contributed by atoms with Gasteiger partial charge in [0.05, 0.1) is 0 Å². The number of rotatable bonds is 0. The average Bonchev–Trinajstić information content (AvgIpc) is 2.84. The molecule has 0 bridgehead atoms. The van der Waals surface area contributed by atoms with Crippen molar-refractivity contribution in [1.82, 2.24) is 4.90 Å². The fourth-order valence-corrected chi connectivity index (χ4v) is 2.90. The molecule has 2 aliphatic rings. The Morgan fingerprint density at radius 1 is 1.29 bits per heavy atom. The number of benzene rings is 1. The Kier molecular flexibility index (Phi) is 1.58. The Hall–Kier alpha value is -0.820. The van der Waals surface area contributed by atoms with Crippen LogP contribution in [0, 0.1) is 6.92 Å². The third-order valence-corrected chi connectivity index (χ3v) is 3.70. The van der Waals surface area contributed by atoms with E-state index in [-0.39, 0.29) is 0 Å². The van der Waals surface area contributed by atoms with Gasteiger partial charge in [0, 0.05) is 18.5 Å². The Bertz CT molecular complexity index is 377. The molecule has 0 atom stereocenters. The maximum atomic E-state index is 2.47. The maximum Gasteiger partial charge on any atom is 0.0234 e. The van der Waals surface area contributed by atoms with Crippen LogP contribution >= 0.6 is 0 Å². The molecule has 1 aliphatic carbocycles. The minimum Gasteiger partial charge on any atom is -0.301 e. The summed E-state index contributed by atoms with van der Waals surface area (Å²) in [5.74, 6) is 0. The summed E-state index contributed by atoms with van der Waals surface area (Å²) in [7, 11) is 2.24. The molecule has 1 aromatic rings. The Morgan fingerprint density at radius 3 is 2.79 bits per heavy atom. The summed E-state index contributed by atoms with van der Waals surface area (Å²) in [6.07, 6.45) is 2.79. The second-order valence-electron chi connectivity index (χ2n) is 5.11. The number of hydrogen-bond donors (Lipinski definition) is 0. The van der Waals surface area contributed by atoms with E-state index in [0.29, 0.717) is 5.41 Å². The van der Waals surface area contributed by atoms with Crippen molar-refractivity contribution in [2.24, 2.45) is 0 Å². The summed E-state index contributed by atoms with van der Waals surface area (Å²) in [5, 5.41) is 0. The molecule has 1 nitrogen and oxygen atoms in total. The minimum absolute atomic E-state index is 0.552. The number of aryl methyl sites for hydroxylation is 1. The van der Waals surface area contributed by atoms with Crippen LogP contribution in [0.1, 0.15) is 29.5 Å². The zero-order valence-corrected chi connectivity index (χ0v) is 9.01. The fraction of sp³-hybridized carbons (Fsp3) is 0.538. The van der Waals surface area contributed by atoms with E-state index in [0.717, 1.165) is 6.54 Å². The topological polar surface area (TPSA) is 3.24 Å². The van der Waals surface area contributed by atoms with E-state index in [1.807, 2.05) is 0 Å². The van der Waals surface area contributed by atoms with Gasteiger partial charge in [-0.3, -0.25) is 0 Å². The lowest BCUT2D eigenvalue weighted by atomic mass is 9.86. The number of fused-ring (bicyclic) bond motifs is 2. The van der Waals surface area contributed by atoms with E-state index in [1.54, 1.807) is 11.1 Å². The molecule has 74 valence electrons. The first kappa shape index (κ1) is 8.49. The van der Waals surface area contributed by atoms with Gasteiger partial charge < -0.3 is 4.90 Å². The summed E-state index contributed by atoms with van der Waals surface area (Å²) in [6.45, 7) is 4.59. The lowest BCUT2D eigenvalue weighted by molar-refractivity contribution is 0.271. The second kappa shape index (κ2) is 2.60. The van der Waals surface area contributed by atoms with Gasteiger partial charge in [-0.25, -0.2) is 0 Å². The van der Waals surface area contributed by atoms with Gasteiger partial charge in [0.25, 0.3) is 0 Å². The number of hydrogen-bond acceptors (Lipinski definition) is 1. The fourth-order valence-electron chi connectivity index (χ4n) is 2.90. The molecule has 3 rings (SSSR count). The molecular weight excluding hydrogens is 170 g/mol. The molecule has 1 heterocycles. The van der Waals surface area contributed by atoms with Crippen LogP contribution in [-0.4, -0.2) is 18.5 Å². The van der Waals surface area contributed by atoms with E-state index < -0.39 is 0 Å². The molecule has 1 heteroatoms. The third-order valence-electron chi connectivity index (χ3n) is 3.70. The van der Waals surface area contributed by atoms with Crippen LogP contribution in [0.3, 0.4) is 0 Å². The molecule has 14 heavy (non-hydrogen) atoms. The molecule has 1 spiro atoms. The third kappa shape index (κ3) is 1.12. The van der Waals surface area contributed by atoms with Gasteiger partial charge in [-0.05, 0) is 37.9 Å². The largest absolute Gasteiger partial charge is 0.301 e. The highest BCUT2D eigenvalue weighted by molar-refractivity contribution is 5.43. The molecule has 1 aliphatic heterocycles. The highest BCUT2D eigenvalue weighted by Gasteiger charge is 2.48. The minimum atomic E-state index is 0.552. The molecule has 0 saturated heterocycles. The van der Waals surface area contributed by atoms with Gasteiger partial charge >= 0.3 is 0 Å². The predicted molar refractivity (Wildman–Crippen MR) is 58.4 cm³/mol. The van der Waals surface area contributed by atoms with Gasteiger partial charge in [0.1, 0.15) is 0 Å². The molecular formula is C13H17N. The van der Waals surface area contributed by atoms with Crippen molar-refractivity contribution in [3.8, 4) is 0 Å². The molecule has 0 aromatic heterocycles. The second-order valence-corrected chi connectivity index (χ2v) is 5.11. The van der Waals surface area contributed by atoms with E-state index in [4.69, 9.17) is 0 Å². The lowest BCUT2D eigenvalue weighted by Crippen LogP contribution is -2.35. The smallest absolute Gasteiger partial charge is 0.0234 e. The van der Waals surface area contributed by atoms with Crippen molar-refractivity contribution in [3.63, 3.8) is 0 Å². The van der Waals surface area contributed by atoms with Crippen molar-refractivity contribution < 1.29 is 0 Å². The zero-order chi connectivity index (χ0) is 9.76. The maximum absolute atomic E-state index is 2.47. The van der Waals surface area contributed by atoms with Crippen molar-refractivity contribution in [2.45, 2.75) is 31.7 Å². The van der Waals surface area contributed by atoms with E-state index in [9.17, 15) is 0 Å². The van der Waals surface area contributed by atoms with Crippen LogP contribution in [0.2, 0.25) is 0 Å². The van der Waals surface area contributed by atoms with Crippen molar-refractivity contribution in [3.05, 3.63) is 34.9 Å². The summed E-state index contributed by atoms with van der Waals surface area (Å²) < 4.78 is 0. The van der Waals surface area contributed by atoms with Crippen LogP contribution in [0.4, 0.5) is 0 Å². The van der Waals surface area contributed by atoms with Gasteiger partial charge in [-0.1, -0.05) is 23.8 Å². The van der Waals surface area contributed by atoms with Gasteiger partial charge in [-0.15, -0.1) is 0 Å². The van der Waals surface area contributed by atoms with E-state index in [2.05, 4.69) is 37.1 Å². The standard InChI is InChI=1S/C13H17N/c1-10-3-4-12-11(7-10)8-14(2)9-13(12)5-6-13/h3-4,7H,5-6,8-9H2,1-2H3.